The summed E-state index contributed by atoms with van der Waals surface area (Å²) >= 11 is 0. The van der Waals surface area contributed by atoms with Crippen molar-refractivity contribution in [1.29, 1.82) is 0 Å². The van der Waals surface area contributed by atoms with Crippen molar-refractivity contribution < 1.29 is 13.2 Å². The van der Waals surface area contributed by atoms with Crippen molar-refractivity contribution in [2.45, 2.75) is 24.2 Å². The lowest BCUT2D eigenvalue weighted by Crippen LogP contribution is -2.44. The average molecular weight is 510 g/mol. The molecule has 2 rings (SSSR count). The van der Waals surface area contributed by atoms with Crippen molar-refractivity contribution >= 4 is 40.0 Å². The molecule has 0 bridgehead atoms. The molecule has 0 aliphatic carbocycles. The third-order valence-electron chi connectivity index (χ3n) is 4.55. The van der Waals surface area contributed by atoms with Gasteiger partial charge in [-0.2, -0.15) is 4.31 Å². The molecule has 1 saturated heterocycles. The van der Waals surface area contributed by atoms with Gasteiger partial charge in [0.2, 0.25) is 10.0 Å². The maximum Gasteiger partial charge on any atom is 0.243 e. The molecule has 0 atom stereocenters. The molecule has 0 saturated carbocycles. The van der Waals surface area contributed by atoms with E-state index in [9.17, 15) is 8.42 Å². The summed E-state index contributed by atoms with van der Waals surface area (Å²) in [6, 6.07) is 8.65. The molecule has 7 nitrogen and oxygen atoms in total. The van der Waals surface area contributed by atoms with Crippen LogP contribution in [-0.2, 0) is 14.8 Å². The zero-order valence-electron chi connectivity index (χ0n) is 16.1. The van der Waals surface area contributed by atoms with E-state index in [0.29, 0.717) is 23.9 Å². The van der Waals surface area contributed by atoms with Gasteiger partial charge in [0.05, 0.1) is 4.90 Å². The fourth-order valence-electron chi connectivity index (χ4n) is 2.98. The molecule has 1 heterocycles. The van der Waals surface area contributed by atoms with Crippen LogP contribution < -0.4 is 10.6 Å². The summed E-state index contributed by atoms with van der Waals surface area (Å²) in [7, 11) is 0.0687. The number of nitrogens with one attached hydrogen (secondary N) is 2. The van der Waals surface area contributed by atoms with E-state index in [1.54, 1.807) is 42.7 Å². The van der Waals surface area contributed by atoms with Crippen molar-refractivity contribution in [2.75, 3.05) is 46.9 Å². The minimum atomic E-state index is -3.37. The second-order valence-electron chi connectivity index (χ2n) is 6.39. The molecule has 0 amide bonds. The molecular formula is C18H31IN4O3S. The molecule has 0 radical (unpaired) electrons. The minimum absolute atomic E-state index is 0. The topological polar surface area (TPSA) is 83.0 Å². The summed E-state index contributed by atoms with van der Waals surface area (Å²) in [4.78, 5) is 4.58. The van der Waals surface area contributed by atoms with Crippen molar-refractivity contribution in [3.8, 4) is 0 Å². The van der Waals surface area contributed by atoms with Crippen LogP contribution >= 0.6 is 24.0 Å². The molecule has 1 aliphatic rings. The van der Waals surface area contributed by atoms with Gasteiger partial charge in [0.25, 0.3) is 0 Å². The van der Waals surface area contributed by atoms with Gasteiger partial charge in [0.15, 0.2) is 5.96 Å². The Morgan fingerprint density at radius 1 is 1.22 bits per heavy atom. The zero-order chi connectivity index (χ0) is 18.8. The van der Waals surface area contributed by atoms with E-state index in [1.165, 1.54) is 0 Å². The Labute approximate surface area is 180 Å². The van der Waals surface area contributed by atoms with E-state index in [1.807, 2.05) is 6.07 Å². The lowest BCUT2D eigenvalue weighted by atomic mass is 9.98. The number of hydrogen-bond donors (Lipinski definition) is 2. The SMILES string of the molecule is CN=C(NCCCOC)NCC1CCN(S(=O)(=O)c2ccccc2)CC1.I. The first-order valence-electron chi connectivity index (χ1n) is 9.06. The first-order chi connectivity index (χ1) is 12.6. The van der Waals surface area contributed by atoms with Gasteiger partial charge in [-0.3, -0.25) is 4.99 Å². The molecule has 27 heavy (non-hydrogen) atoms. The second-order valence-corrected chi connectivity index (χ2v) is 8.32. The van der Waals surface area contributed by atoms with Gasteiger partial charge in [0.1, 0.15) is 0 Å². The van der Waals surface area contributed by atoms with E-state index >= 15 is 0 Å². The number of sulfonamides is 1. The Morgan fingerprint density at radius 2 is 1.89 bits per heavy atom. The van der Waals surface area contributed by atoms with Crippen LogP contribution in [-0.4, -0.2) is 65.6 Å². The Bertz CT molecular complexity index is 662. The van der Waals surface area contributed by atoms with Gasteiger partial charge in [-0.1, -0.05) is 18.2 Å². The van der Waals surface area contributed by atoms with Crippen LogP contribution in [0, 0.1) is 5.92 Å². The molecule has 2 N–H and O–H groups in total. The Balaban J connectivity index is 0.00000364. The largest absolute Gasteiger partial charge is 0.385 e. The Hall–Kier alpha value is -0.910. The summed E-state index contributed by atoms with van der Waals surface area (Å²) in [6.07, 6.45) is 2.62. The van der Waals surface area contributed by atoms with E-state index < -0.39 is 10.0 Å². The van der Waals surface area contributed by atoms with Crippen LogP contribution in [0.1, 0.15) is 19.3 Å². The number of benzene rings is 1. The monoisotopic (exact) mass is 510 g/mol. The summed E-state index contributed by atoms with van der Waals surface area (Å²) in [5.41, 5.74) is 0. The maximum atomic E-state index is 12.6. The van der Waals surface area contributed by atoms with Crippen molar-refractivity contribution in [2.24, 2.45) is 10.9 Å². The van der Waals surface area contributed by atoms with Crippen molar-refractivity contribution in [3.05, 3.63) is 30.3 Å². The van der Waals surface area contributed by atoms with Crippen LogP contribution in [0.4, 0.5) is 0 Å². The standard InChI is InChI=1S/C18H30N4O3S.HI/c1-19-18(20-11-6-14-25-2)21-15-16-9-12-22(13-10-16)26(23,24)17-7-4-3-5-8-17;/h3-5,7-8,16H,6,9-15H2,1-2H3,(H2,19,20,21);1H. The molecule has 1 aliphatic heterocycles. The highest BCUT2D eigenvalue weighted by atomic mass is 127. The minimum Gasteiger partial charge on any atom is -0.385 e. The predicted octanol–water partition coefficient (Wildman–Crippen LogP) is 1.91. The van der Waals surface area contributed by atoms with Crippen LogP contribution in [0.15, 0.2) is 40.2 Å². The van der Waals surface area contributed by atoms with Crippen molar-refractivity contribution in [3.63, 3.8) is 0 Å². The van der Waals surface area contributed by atoms with Gasteiger partial charge in [-0.15, -0.1) is 24.0 Å². The first kappa shape index (κ1) is 24.1. The average Bonchev–Trinajstić information content (AvgIpc) is 2.68. The normalized spacial score (nSPS) is 16.6. The fraction of sp³-hybridized carbons (Fsp3) is 0.611. The molecule has 1 aromatic rings. The maximum absolute atomic E-state index is 12.6. The number of aliphatic imine (C=N–C) groups is 1. The van der Waals surface area contributed by atoms with Crippen LogP contribution in [0.5, 0.6) is 0 Å². The lowest BCUT2D eigenvalue weighted by molar-refractivity contribution is 0.195. The molecule has 0 unspecified atom stereocenters. The first-order valence-corrected chi connectivity index (χ1v) is 10.5. The third kappa shape index (κ3) is 7.55. The number of piperidine rings is 1. The molecule has 0 spiro atoms. The lowest BCUT2D eigenvalue weighted by Gasteiger charge is -2.31. The van der Waals surface area contributed by atoms with E-state index in [-0.39, 0.29) is 24.0 Å². The van der Waals surface area contributed by atoms with Gasteiger partial charge in [0, 0.05) is 46.9 Å². The van der Waals surface area contributed by atoms with Gasteiger partial charge in [-0.25, -0.2) is 8.42 Å². The number of rotatable bonds is 8. The third-order valence-corrected chi connectivity index (χ3v) is 6.47. The number of ether oxygens (including phenoxy) is 1. The van der Waals surface area contributed by atoms with Gasteiger partial charge in [-0.05, 0) is 37.3 Å². The number of nitrogens with zero attached hydrogens (tertiary/aromatic N) is 2. The molecule has 0 aromatic heterocycles. The highest BCUT2D eigenvalue weighted by Gasteiger charge is 2.29. The summed E-state index contributed by atoms with van der Waals surface area (Å²) < 4.78 is 31.9. The Kier molecular flexibility index (Phi) is 11.2. The summed E-state index contributed by atoms with van der Waals surface area (Å²) in [5, 5.41) is 6.58. The number of guanidine groups is 1. The molecule has 1 aromatic carbocycles. The predicted molar refractivity (Wildman–Crippen MR) is 119 cm³/mol. The molecule has 1 fully saturated rings. The van der Waals surface area contributed by atoms with Gasteiger partial charge < -0.3 is 15.4 Å². The quantitative estimate of drug-likeness (QED) is 0.242. The molecule has 154 valence electrons. The smallest absolute Gasteiger partial charge is 0.243 e. The van der Waals surface area contributed by atoms with E-state index in [0.717, 1.165) is 44.9 Å². The van der Waals surface area contributed by atoms with E-state index in [2.05, 4.69) is 15.6 Å². The number of hydrogen-bond acceptors (Lipinski definition) is 4. The van der Waals surface area contributed by atoms with Gasteiger partial charge >= 0.3 is 0 Å². The molecular weight excluding hydrogens is 479 g/mol. The van der Waals surface area contributed by atoms with Crippen LogP contribution in [0.2, 0.25) is 0 Å². The molecule has 9 heteroatoms. The number of methoxy groups -OCH3 is 1. The van der Waals surface area contributed by atoms with Crippen LogP contribution in [0.25, 0.3) is 0 Å². The Morgan fingerprint density at radius 3 is 2.48 bits per heavy atom. The van der Waals surface area contributed by atoms with E-state index in [4.69, 9.17) is 4.74 Å². The fourth-order valence-corrected chi connectivity index (χ4v) is 4.47. The highest BCUT2D eigenvalue weighted by Crippen LogP contribution is 2.23. The highest BCUT2D eigenvalue weighted by molar-refractivity contribution is 14.0. The second kappa shape index (κ2) is 12.5. The zero-order valence-corrected chi connectivity index (χ0v) is 19.2. The summed E-state index contributed by atoms with van der Waals surface area (Å²) in [5.74, 6) is 1.22. The van der Waals surface area contributed by atoms with Crippen molar-refractivity contribution in [1.82, 2.24) is 14.9 Å². The summed E-state index contributed by atoms with van der Waals surface area (Å²) in [6.45, 7) is 3.44. The van der Waals surface area contributed by atoms with Crippen LogP contribution in [0.3, 0.4) is 0 Å². The number of halogens is 1.